The third kappa shape index (κ3) is 4.35. The van der Waals surface area contributed by atoms with Crippen molar-refractivity contribution in [1.82, 2.24) is 10.2 Å². The maximum atomic E-state index is 12.0. The number of benzene rings is 1. The van der Waals surface area contributed by atoms with E-state index in [9.17, 15) is 4.79 Å². The van der Waals surface area contributed by atoms with Gasteiger partial charge in [0.05, 0.1) is 6.42 Å². The molecule has 126 valence electrons. The molecule has 1 amide bonds. The summed E-state index contributed by atoms with van der Waals surface area (Å²) in [5, 5.41) is 3.01. The molecular formula is C20H30N2O. The highest BCUT2D eigenvalue weighted by atomic mass is 16.1. The molecule has 23 heavy (non-hydrogen) atoms. The van der Waals surface area contributed by atoms with Gasteiger partial charge in [-0.1, -0.05) is 38.5 Å². The number of amides is 1. The van der Waals surface area contributed by atoms with Gasteiger partial charge in [0.25, 0.3) is 0 Å². The maximum Gasteiger partial charge on any atom is 0.224 e. The number of fused-ring (bicyclic) bond motifs is 1. The number of nitrogens with zero attached hydrogens (tertiary/aromatic N) is 1. The molecule has 1 fully saturated rings. The Kier molecular flexibility index (Phi) is 5.37. The molecule has 0 spiro atoms. The Labute approximate surface area is 140 Å². The van der Waals surface area contributed by atoms with E-state index in [-0.39, 0.29) is 5.91 Å². The van der Waals surface area contributed by atoms with Crippen LogP contribution in [0.1, 0.15) is 49.8 Å². The van der Waals surface area contributed by atoms with Crippen LogP contribution in [0.3, 0.4) is 0 Å². The third-order valence-electron chi connectivity index (χ3n) is 5.27. The van der Waals surface area contributed by atoms with E-state index >= 15 is 0 Å². The van der Waals surface area contributed by atoms with E-state index < -0.39 is 0 Å². The smallest absolute Gasteiger partial charge is 0.224 e. The lowest BCUT2D eigenvalue weighted by atomic mass is 9.91. The Hall–Kier alpha value is -1.35. The number of hydrogen-bond donors (Lipinski definition) is 1. The summed E-state index contributed by atoms with van der Waals surface area (Å²) in [4.78, 5) is 14.7. The largest absolute Gasteiger partial charge is 0.356 e. The number of rotatable bonds is 5. The fraction of sp³-hybridized carbons (Fsp3) is 0.650. The molecule has 2 aliphatic rings. The van der Waals surface area contributed by atoms with Crippen LogP contribution in [0.25, 0.3) is 0 Å². The number of carbonyl (C=O) groups excluding carboxylic acids is 1. The molecule has 0 bridgehead atoms. The average molecular weight is 314 g/mol. The van der Waals surface area contributed by atoms with Gasteiger partial charge in [-0.2, -0.15) is 0 Å². The van der Waals surface area contributed by atoms with Crippen molar-refractivity contribution in [2.75, 3.05) is 19.6 Å². The van der Waals surface area contributed by atoms with Gasteiger partial charge in [0.1, 0.15) is 0 Å². The predicted octanol–water partition coefficient (Wildman–Crippen LogP) is 2.95. The van der Waals surface area contributed by atoms with Crippen molar-refractivity contribution in [2.24, 2.45) is 5.92 Å². The van der Waals surface area contributed by atoms with Gasteiger partial charge in [0.2, 0.25) is 5.91 Å². The highest BCUT2D eigenvalue weighted by Crippen LogP contribution is 2.27. The van der Waals surface area contributed by atoms with Crippen LogP contribution in [0.15, 0.2) is 18.2 Å². The van der Waals surface area contributed by atoms with Crippen LogP contribution in [0.2, 0.25) is 0 Å². The fourth-order valence-corrected chi connectivity index (χ4v) is 3.59. The minimum atomic E-state index is 0.142. The summed E-state index contributed by atoms with van der Waals surface area (Å²) in [5.74, 6) is 0.645. The van der Waals surface area contributed by atoms with Crippen molar-refractivity contribution in [2.45, 2.75) is 58.4 Å². The van der Waals surface area contributed by atoms with Crippen molar-refractivity contribution in [3.8, 4) is 0 Å². The summed E-state index contributed by atoms with van der Waals surface area (Å²) in [7, 11) is 0. The van der Waals surface area contributed by atoms with Crippen LogP contribution in [-0.4, -0.2) is 36.5 Å². The van der Waals surface area contributed by atoms with Crippen LogP contribution in [-0.2, 0) is 24.1 Å². The Bertz CT molecular complexity index is 549. The zero-order valence-electron chi connectivity index (χ0n) is 14.6. The van der Waals surface area contributed by atoms with E-state index in [1.54, 1.807) is 0 Å². The topological polar surface area (TPSA) is 32.3 Å². The first-order chi connectivity index (χ1) is 11.1. The van der Waals surface area contributed by atoms with Gasteiger partial charge in [0.15, 0.2) is 0 Å². The minimum absolute atomic E-state index is 0.142. The lowest BCUT2D eigenvalue weighted by Crippen LogP contribution is -2.41. The van der Waals surface area contributed by atoms with Crippen LogP contribution < -0.4 is 5.32 Å². The first-order valence-corrected chi connectivity index (χ1v) is 9.23. The summed E-state index contributed by atoms with van der Waals surface area (Å²) in [6, 6.07) is 7.51. The van der Waals surface area contributed by atoms with E-state index in [1.807, 2.05) is 0 Å². The summed E-state index contributed by atoms with van der Waals surface area (Å²) in [5.41, 5.74) is 4.10. The summed E-state index contributed by atoms with van der Waals surface area (Å²) in [6.45, 7) is 7.39. The molecule has 1 N–H and O–H groups in total. The first kappa shape index (κ1) is 16.5. The molecule has 1 aromatic rings. The molecular weight excluding hydrogens is 284 g/mol. The Morgan fingerprint density at radius 2 is 1.96 bits per heavy atom. The zero-order valence-corrected chi connectivity index (χ0v) is 14.6. The van der Waals surface area contributed by atoms with E-state index in [0.717, 1.165) is 31.0 Å². The first-order valence-electron chi connectivity index (χ1n) is 9.23. The number of nitrogens with one attached hydrogen (secondary N) is 1. The average Bonchev–Trinajstić information content (AvgIpc) is 2.66. The van der Waals surface area contributed by atoms with Gasteiger partial charge in [-0.3, -0.25) is 9.69 Å². The Balaban J connectivity index is 1.59. The van der Waals surface area contributed by atoms with Crippen LogP contribution in [0, 0.1) is 5.92 Å². The second kappa shape index (κ2) is 7.48. The highest BCUT2D eigenvalue weighted by Gasteiger charge is 2.26. The van der Waals surface area contributed by atoms with Gasteiger partial charge in [0, 0.05) is 25.7 Å². The SMILES string of the molecule is CC(C)CNC(=O)Cc1ccc2c(c1)CCN(C1CCC1)CC2. The Morgan fingerprint density at radius 1 is 1.22 bits per heavy atom. The molecule has 0 radical (unpaired) electrons. The molecule has 0 unspecified atom stereocenters. The molecule has 1 aromatic carbocycles. The molecule has 3 nitrogen and oxygen atoms in total. The molecule has 1 saturated carbocycles. The molecule has 3 rings (SSSR count). The monoisotopic (exact) mass is 314 g/mol. The van der Waals surface area contributed by atoms with Gasteiger partial charge >= 0.3 is 0 Å². The van der Waals surface area contributed by atoms with Gasteiger partial charge in [-0.15, -0.1) is 0 Å². The lowest BCUT2D eigenvalue weighted by molar-refractivity contribution is -0.120. The molecule has 3 heteroatoms. The van der Waals surface area contributed by atoms with Crippen molar-refractivity contribution in [3.05, 3.63) is 34.9 Å². The maximum absolute atomic E-state index is 12.0. The fourth-order valence-electron chi connectivity index (χ4n) is 3.59. The van der Waals surface area contributed by atoms with Crippen LogP contribution in [0.5, 0.6) is 0 Å². The molecule has 1 aliphatic carbocycles. The molecule has 0 aromatic heterocycles. The molecule has 0 atom stereocenters. The summed E-state index contributed by atoms with van der Waals surface area (Å²) >= 11 is 0. The second-order valence-corrected chi connectivity index (χ2v) is 7.60. The van der Waals surface area contributed by atoms with Crippen molar-refractivity contribution >= 4 is 5.91 Å². The quantitative estimate of drug-likeness (QED) is 0.906. The standard InChI is InChI=1S/C20H30N2O/c1-15(2)14-21-20(23)13-16-6-7-17-8-10-22(19-4-3-5-19)11-9-18(17)12-16/h6-7,12,15,19H,3-5,8-11,13-14H2,1-2H3,(H,21,23). The van der Waals surface area contributed by atoms with Crippen LogP contribution >= 0.6 is 0 Å². The van der Waals surface area contributed by atoms with E-state index in [0.29, 0.717) is 12.3 Å². The molecule has 1 heterocycles. The van der Waals surface area contributed by atoms with Gasteiger partial charge < -0.3 is 5.32 Å². The number of carbonyl (C=O) groups is 1. The second-order valence-electron chi connectivity index (χ2n) is 7.60. The van der Waals surface area contributed by atoms with Gasteiger partial charge in [-0.05, 0) is 48.3 Å². The van der Waals surface area contributed by atoms with Crippen molar-refractivity contribution in [3.63, 3.8) is 0 Å². The highest BCUT2D eigenvalue weighted by molar-refractivity contribution is 5.78. The normalized spacial score (nSPS) is 19.1. The number of hydrogen-bond acceptors (Lipinski definition) is 2. The Morgan fingerprint density at radius 3 is 2.61 bits per heavy atom. The van der Waals surface area contributed by atoms with Crippen LogP contribution in [0.4, 0.5) is 0 Å². The summed E-state index contributed by atoms with van der Waals surface area (Å²) in [6.07, 6.45) is 6.98. The van der Waals surface area contributed by atoms with E-state index in [1.165, 1.54) is 43.5 Å². The zero-order chi connectivity index (χ0) is 16.2. The molecule has 0 saturated heterocycles. The van der Waals surface area contributed by atoms with Crippen molar-refractivity contribution in [1.29, 1.82) is 0 Å². The lowest BCUT2D eigenvalue weighted by Gasteiger charge is -2.36. The van der Waals surface area contributed by atoms with Crippen molar-refractivity contribution < 1.29 is 4.79 Å². The van der Waals surface area contributed by atoms with Gasteiger partial charge in [-0.25, -0.2) is 0 Å². The third-order valence-corrected chi connectivity index (χ3v) is 5.27. The summed E-state index contributed by atoms with van der Waals surface area (Å²) < 4.78 is 0. The predicted molar refractivity (Wildman–Crippen MR) is 94.6 cm³/mol. The van der Waals surface area contributed by atoms with E-state index in [2.05, 4.69) is 42.3 Å². The minimum Gasteiger partial charge on any atom is -0.356 e. The van der Waals surface area contributed by atoms with E-state index in [4.69, 9.17) is 0 Å². The molecule has 1 aliphatic heterocycles.